The smallest absolute Gasteiger partial charge is 0.258 e. The number of aromatic amines is 1. The first-order chi connectivity index (χ1) is 16.2. The first-order valence-corrected chi connectivity index (χ1v) is 12.1. The van der Waals surface area contributed by atoms with E-state index in [0.717, 1.165) is 33.2 Å². The summed E-state index contributed by atoms with van der Waals surface area (Å²) in [5.41, 5.74) is 4.90. The Kier molecular flexibility index (Phi) is 4.78. The third-order valence-electron chi connectivity index (χ3n) is 5.46. The molecule has 0 bridgehead atoms. The van der Waals surface area contributed by atoms with Gasteiger partial charge in [0.1, 0.15) is 0 Å². The number of carbonyl (C=O) groups excluding carboxylic acids is 1. The predicted molar refractivity (Wildman–Crippen MR) is 133 cm³/mol. The Hall–Kier alpha value is -3.82. The molecule has 1 aromatic carbocycles. The number of hydrogen-bond acceptors (Lipinski definition) is 6. The molecule has 0 atom stereocenters. The van der Waals surface area contributed by atoms with E-state index < -0.39 is 0 Å². The molecule has 5 heterocycles. The summed E-state index contributed by atoms with van der Waals surface area (Å²) in [4.78, 5) is 27.0. The quantitative estimate of drug-likeness (QED) is 0.338. The molecule has 33 heavy (non-hydrogen) atoms. The topological polar surface area (TPSA) is 88.5 Å². The minimum absolute atomic E-state index is 0.221. The zero-order valence-corrected chi connectivity index (χ0v) is 19.2. The Morgan fingerprint density at radius 3 is 2.91 bits per heavy atom. The monoisotopic (exact) mass is 470 g/mol. The van der Waals surface area contributed by atoms with Crippen molar-refractivity contribution >= 4 is 55.6 Å². The molecule has 162 valence electrons. The van der Waals surface area contributed by atoms with E-state index in [1.807, 2.05) is 52.8 Å². The second kappa shape index (κ2) is 7.95. The number of rotatable bonds is 5. The highest BCUT2D eigenvalue weighted by Crippen LogP contribution is 2.31. The molecule has 0 aliphatic carbocycles. The zero-order chi connectivity index (χ0) is 22.4. The van der Waals surface area contributed by atoms with E-state index >= 15 is 0 Å². The number of thiophene rings is 1. The Morgan fingerprint density at radius 2 is 2.03 bits per heavy atom. The summed E-state index contributed by atoms with van der Waals surface area (Å²) in [6.45, 7) is 2.51. The molecule has 5 aromatic heterocycles. The van der Waals surface area contributed by atoms with E-state index in [0.29, 0.717) is 22.9 Å². The average Bonchev–Trinajstić information content (AvgIpc) is 3.61. The standard InChI is InChI=1S/C24H18N6OS2/c1-14-9-17(19-11-26-30(22(19)27-14)12-15-5-4-8-32-15)23(31)29-24-28-21(13-33-24)18-10-25-20-7-3-2-6-16(18)20/h2-11,13,25H,12H2,1H3,(H,28,29,31). The molecular formula is C24H18N6OS2. The molecule has 6 aromatic rings. The van der Waals surface area contributed by atoms with E-state index in [1.54, 1.807) is 23.6 Å². The summed E-state index contributed by atoms with van der Waals surface area (Å²) in [6.07, 6.45) is 3.66. The molecular weight excluding hydrogens is 452 g/mol. The van der Waals surface area contributed by atoms with Crippen molar-refractivity contribution in [3.8, 4) is 11.3 Å². The highest BCUT2D eigenvalue weighted by Gasteiger charge is 2.18. The molecule has 0 fully saturated rings. The lowest BCUT2D eigenvalue weighted by atomic mass is 10.1. The summed E-state index contributed by atoms with van der Waals surface area (Å²) >= 11 is 3.08. The van der Waals surface area contributed by atoms with E-state index in [-0.39, 0.29) is 5.91 Å². The van der Waals surface area contributed by atoms with Gasteiger partial charge in [-0.25, -0.2) is 14.6 Å². The van der Waals surface area contributed by atoms with Crippen molar-refractivity contribution in [3.63, 3.8) is 0 Å². The van der Waals surface area contributed by atoms with Gasteiger partial charge >= 0.3 is 0 Å². The van der Waals surface area contributed by atoms with Crippen LogP contribution in [-0.2, 0) is 6.54 Å². The highest BCUT2D eigenvalue weighted by molar-refractivity contribution is 7.14. The van der Waals surface area contributed by atoms with Crippen molar-refractivity contribution < 1.29 is 4.79 Å². The number of pyridine rings is 1. The van der Waals surface area contributed by atoms with Crippen LogP contribution in [0.4, 0.5) is 5.13 Å². The van der Waals surface area contributed by atoms with Crippen LogP contribution in [0.2, 0.25) is 0 Å². The fourth-order valence-corrected chi connectivity index (χ4v) is 5.32. The fraction of sp³-hybridized carbons (Fsp3) is 0.0833. The second-order valence-electron chi connectivity index (χ2n) is 7.67. The first-order valence-electron chi connectivity index (χ1n) is 10.3. The van der Waals surface area contributed by atoms with Crippen LogP contribution in [0.15, 0.2) is 65.6 Å². The molecule has 0 aliphatic rings. The summed E-state index contributed by atoms with van der Waals surface area (Å²) < 4.78 is 1.84. The number of fused-ring (bicyclic) bond motifs is 2. The summed E-state index contributed by atoms with van der Waals surface area (Å²) in [7, 11) is 0. The van der Waals surface area contributed by atoms with E-state index in [9.17, 15) is 4.79 Å². The van der Waals surface area contributed by atoms with Crippen molar-refractivity contribution in [2.75, 3.05) is 5.32 Å². The number of aromatic nitrogens is 5. The maximum atomic E-state index is 13.2. The number of nitrogens with one attached hydrogen (secondary N) is 2. The third kappa shape index (κ3) is 3.61. The number of H-pyrrole nitrogens is 1. The van der Waals surface area contributed by atoms with Crippen LogP contribution in [0.1, 0.15) is 20.9 Å². The molecule has 0 radical (unpaired) electrons. The molecule has 7 nitrogen and oxygen atoms in total. The molecule has 0 aliphatic heterocycles. The number of amides is 1. The molecule has 0 spiro atoms. The van der Waals surface area contributed by atoms with Crippen LogP contribution < -0.4 is 5.32 Å². The van der Waals surface area contributed by atoms with Crippen LogP contribution >= 0.6 is 22.7 Å². The number of aryl methyl sites for hydroxylation is 1. The minimum atomic E-state index is -0.221. The van der Waals surface area contributed by atoms with Crippen LogP contribution in [-0.4, -0.2) is 30.6 Å². The fourth-order valence-electron chi connectivity index (χ4n) is 3.93. The summed E-state index contributed by atoms with van der Waals surface area (Å²) in [6, 6.07) is 14.0. The molecule has 2 N–H and O–H groups in total. The van der Waals surface area contributed by atoms with Gasteiger partial charge in [-0.2, -0.15) is 5.10 Å². The molecule has 6 rings (SSSR count). The largest absolute Gasteiger partial charge is 0.360 e. The number of benzene rings is 1. The van der Waals surface area contributed by atoms with Crippen molar-refractivity contribution in [2.45, 2.75) is 13.5 Å². The van der Waals surface area contributed by atoms with Crippen molar-refractivity contribution in [1.29, 1.82) is 0 Å². The molecule has 0 unspecified atom stereocenters. The van der Waals surface area contributed by atoms with E-state index in [2.05, 4.69) is 37.5 Å². The van der Waals surface area contributed by atoms with E-state index in [1.165, 1.54) is 16.2 Å². The molecule has 0 saturated heterocycles. The molecule has 9 heteroatoms. The van der Waals surface area contributed by atoms with Crippen molar-refractivity contribution in [2.24, 2.45) is 0 Å². The zero-order valence-electron chi connectivity index (χ0n) is 17.6. The SMILES string of the molecule is Cc1cc(C(=O)Nc2nc(-c3c[nH]c4ccccc34)cs2)c2cnn(Cc3cccs3)c2n1. The number of thiazole rings is 1. The number of carbonyl (C=O) groups is 1. The van der Waals surface area contributed by atoms with Gasteiger partial charge < -0.3 is 4.98 Å². The maximum Gasteiger partial charge on any atom is 0.258 e. The van der Waals surface area contributed by atoms with Gasteiger partial charge in [-0.3, -0.25) is 10.1 Å². The third-order valence-corrected chi connectivity index (χ3v) is 7.08. The lowest BCUT2D eigenvalue weighted by Gasteiger charge is -2.06. The van der Waals surface area contributed by atoms with Gasteiger partial charge in [-0.05, 0) is 30.5 Å². The summed E-state index contributed by atoms with van der Waals surface area (Å²) in [5.74, 6) is -0.221. The lowest BCUT2D eigenvalue weighted by molar-refractivity contribution is 0.102. The Morgan fingerprint density at radius 1 is 1.12 bits per heavy atom. The lowest BCUT2D eigenvalue weighted by Crippen LogP contribution is -2.13. The summed E-state index contributed by atoms with van der Waals surface area (Å²) in [5, 5.41) is 13.8. The maximum absolute atomic E-state index is 13.2. The predicted octanol–water partition coefficient (Wildman–Crippen LogP) is 5.71. The van der Waals surface area contributed by atoms with Gasteiger partial charge in [-0.15, -0.1) is 22.7 Å². The van der Waals surface area contributed by atoms with Crippen molar-refractivity contribution in [3.05, 3.63) is 81.8 Å². The molecule has 1 amide bonds. The first kappa shape index (κ1) is 19.8. The average molecular weight is 471 g/mol. The Labute approximate surface area is 196 Å². The van der Waals surface area contributed by atoms with Gasteiger partial charge in [-0.1, -0.05) is 24.3 Å². The van der Waals surface area contributed by atoms with E-state index in [4.69, 9.17) is 0 Å². The van der Waals surface area contributed by atoms with Crippen LogP contribution in [0.5, 0.6) is 0 Å². The van der Waals surface area contributed by atoms with Crippen molar-refractivity contribution in [1.82, 2.24) is 24.7 Å². The van der Waals surface area contributed by atoms with Gasteiger partial charge in [0.2, 0.25) is 0 Å². The van der Waals surface area contributed by atoms with Gasteiger partial charge in [0.25, 0.3) is 5.91 Å². The number of anilines is 1. The molecule has 0 saturated carbocycles. The van der Waals surface area contributed by atoms with Crippen LogP contribution in [0.3, 0.4) is 0 Å². The number of para-hydroxylation sites is 1. The van der Waals surface area contributed by atoms with Crippen LogP contribution in [0.25, 0.3) is 33.2 Å². The Bertz CT molecular complexity index is 1610. The normalized spacial score (nSPS) is 11.4. The minimum Gasteiger partial charge on any atom is -0.360 e. The van der Waals surface area contributed by atoms with Gasteiger partial charge in [0.15, 0.2) is 10.8 Å². The van der Waals surface area contributed by atoms with Crippen LogP contribution in [0, 0.1) is 6.92 Å². The number of hydrogen-bond donors (Lipinski definition) is 2. The van der Waals surface area contributed by atoms with Gasteiger partial charge in [0.05, 0.1) is 29.4 Å². The second-order valence-corrected chi connectivity index (χ2v) is 9.56. The van der Waals surface area contributed by atoms with Gasteiger partial charge in [0, 0.05) is 38.6 Å². The number of nitrogens with zero attached hydrogens (tertiary/aromatic N) is 4. The highest BCUT2D eigenvalue weighted by atomic mass is 32.1. The Balaban J connectivity index is 1.30.